The lowest BCUT2D eigenvalue weighted by Gasteiger charge is -2.31. The summed E-state index contributed by atoms with van der Waals surface area (Å²) in [6, 6.07) is 3.30. The molecule has 1 aromatic rings. The van der Waals surface area contributed by atoms with Gasteiger partial charge in [-0.05, 0) is 43.4 Å². The van der Waals surface area contributed by atoms with Gasteiger partial charge in [-0.2, -0.15) is 0 Å². The first-order chi connectivity index (χ1) is 8.50. The summed E-state index contributed by atoms with van der Waals surface area (Å²) in [4.78, 5) is 14.1. The quantitative estimate of drug-likeness (QED) is 0.773. The number of likely N-dealkylation sites (tertiary alicyclic amines) is 1. The summed E-state index contributed by atoms with van der Waals surface area (Å²) < 4.78 is 14.8. The summed E-state index contributed by atoms with van der Waals surface area (Å²) in [6.45, 7) is 5.27. The van der Waals surface area contributed by atoms with Gasteiger partial charge >= 0.3 is 0 Å². The monoisotopic (exact) mass is 313 g/mol. The molecule has 0 aliphatic carbocycles. The zero-order valence-corrected chi connectivity index (χ0v) is 12.3. The lowest BCUT2D eigenvalue weighted by molar-refractivity contribution is 0.0678. The summed E-state index contributed by atoms with van der Waals surface area (Å²) in [6.07, 6.45) is 2.15. The van der Waals surface area contributed by atoms with Gasteiger partial charge in [0.05, 0.1) is 5.56 Å². The van der Waals surface area contributed by atoms with Crippen molar-refractivity contribution >= 4 is 21.8 Å². The van der Waals surface area contributed by atoms with Crippen LogP contribution in [0.25, 0.3) is 0 Å². The van der Waals surface area contributed by atoms with Gasteiger partial charge < -0.3 is 4.90 Å². The van der Waals surface area contributed by atoms with Gasteiger partial charge in [0.1, 0.15) is 5.82 Å². The second-order valence-corrected chi connectivity index (χ2v) is 5.89. The van der Waals surface area contributed by atoms with E-state index in [1.54, 1.807) is 24.0 Å². The fourth-order valence-corrected chi connectivity index (χ4v) is 2.68. The highest BCUT2D eigenvalue weighted by atomic mass is 79.9. The van der Waals surface area contributed by atoms with E-state index in [0.29, 0.717) is 16.0 Å². The number of benzene rings is 1. The van der Waals surface area contributed by atoms with E-state index in [1.165, 1.54) is 0 Å². The third-order valence-corrected chi connectivity index (χ3v) is 4.35. The largest absolute Gasteiger partial charge is 0.338 e. The Hall–Kier alpha value is -0.900. The molecule has 1 amide bonds. The first-order valence-electron chi connectivity index (χ1n) is 6.24. The molecule has 1 aliphatic rings. The zero-order chi connectivity index (χ0) is 13.3. The minimum Gasteiger partial charge on any atom is -0.338 e. The van der Waals surface area contributed by atoms with Gasteiger partial charge in [-0.1, -0.05) is 22.9 Å². The molecule has 0 radical (unpaired) electrons. The molecule has 1 heterocycles. The Labute approximate surface area is 115 Å². The van der Waals surface area contributed by atoms with Gasteiger partial charge in [-0.25, -0.2) is 4.39 Å². The van der Waals surface area contributed by atoms with Crippen molar-refractivity contribution in [1.82, 2.24) is 4.90 Å². The van der Waals surface area contributed by atoms with Gasteiger partial charge in [0.2, 0.25) is 0 Å². The molecule has 18 heavy (non-hydrogen) atoms. The Bertz CT molecular complexity index is 475. The molecule has 0 bridgehead atoms. The van der Waals surface area contributed by atoms with Crippen LogP contribution in [-0.2, 0) is 0 Å². The van der Waals surface area contributed by atoms with Crippen molar-refractivity contribution in [2.45, 2.75) is 26.7 Å². The first kappa shape index (κ1) is 13.5. The van der Waals surface area contributed by atoms with Crippen molar-refractivity contribution in [1.29, 1.82) is 0 Å². The van der Waals surface area contributed by atoms with Crippen molar-refractivity contribution in [2.24, 2.45) is 5.92 Å². The van der Waals surface area contributed by atoms with E-state index in [0.717, 1.165) is 25.9 Å². The predicted octanol–water partition coefficient (Wildman–Crippen LogP) is 3.77. The van der Waals surface area contributed by atoms with Gasteiger partial charge in [0, 0.05) is 17.6 Å². The third kappa shape index (κ3) is 2.58. The molecule has 2 rings (SSSR count). The normalized spacial score (nSPS) is 20.0. The van der Waals surface area contributed by atoms with Gasteiger partial charge in [0.25, 0.3) is 5.91 Å². The van der Waals surface area contributed by atoms with Crippen LogP contribution in [0.3, 0.4) is 0 Å². The van der Waals surface area contributed by atoms with Crippen LogP contribution in [0.4, 0.5) is 4.39 Å². The third-order valence-electron chi connectivity index (χ3n) is 3.49. The Balaban J connectivity index is 2.26. The highest BCUT2D eigenvalue weighted by molar-refractivity contribution is 9.10. The number of piperidine rings is 1. The Morgan fingerprint density at radius 2 is 2.22 bits per heavy atom. The van der Waals surface area contributed by atoms with E-state index in [4.69, 9.17) is 0 Å². The molecule has 1 aromatic carbocycles. The van der Waals surface area contributed by atoms with Crippen molar-refractivity contribution in [3.63, 3.8) is 0 Å². The van der Waals surface area contributed by atoms with Gasteiger partial charge in [0.15, 0.2) is 0 Å². The molecule has 98 valence electrons. The standard InChI is InChI=1S/C14H17BrFNO/c1-9-4-3-7-17(8-9)14(18)11-5-6-12(15)10(2)13(11)16/h5-6,9H,3-4,7-8H2,1-2H3. The summed E-state index contributed by atoms with van der Waals surface area (Å²) in [5.74, 6) is -0.0930. The number of hydrogen-bond donors (Lipinski definition) is 0. The summed E-state index contributed by atoms with van der Waals surface area (Å²) >= 11 is 3.27. The van der Waals surface area contributed by atoms with Crippen LogP contribution in [0.1, 0.15) is 35.7 Å². The minimum absolute atomic E-state index is 0.185. The topological polar surface area (TPSA) is 20.3 Å². The molecule has 0 spiro atoms. The van der Waals surface area contributed by atoms with Crippen molar-refractivity contribution in [3.8, 4) is 0 Å². The number of halogens is 2. The minimum atomic E-state index is -0.410. The smallest absolute Gasteiger partial charge is 0.256 e. The summed E-state index contributed by atoms with van der Waals surface area (Å²) in [5, 5.41) is 0. The molecule has 1 unspecified atom stereocenters. The van der Waals surface area contributed by atoms with E-state index in [9.17, 15) is 9.18 Å². The SMILES string of the molecule is Cc1c(Br)ccc(C(=O)N2CCCC(C)C2)c1F. The van der Waals surface area contributed by atoms with Crippen LogP contribution in [0.5, 0.6) is 0 Å². The van der Waals surface area contributed by atoms with E-state index in [-0.39, 0.29) is 11.5 Å². The lowest BCUT2D eigenvalue weighted by atomic mass is 9.99. The van der Waals surface area contributed by atoms with E-state index < -0.39 is 5.82 Å². The fraction of sp³-hybridized carbons (Fsp3) is 0.500. The molecular formula is C14H17BrFNO. The maximum atomic E-state index is 14.1. The second-order valence-electron chi connectivity index (χ2n) is 5.03. The fourth-order valence-electron chi connectivity index (χ4n) is 2.37. The van der Waals surface area contributed by atoms with Crippen LogP contribution in [-0.4, -0.2) is 23.9 Å². The highest BCUT2D eigenvalue weighted by Crippen LogP contribution is 2.24. The van der Waals surface area contributed by atoms with Gasteiger partial charge in [-0.3, -0.25) is 4.79 Å². The lowest BCUT2D eigenvalue weighted by Crippen LogP contribution is -2.39. The molecule has 2 nitrogen and oxygen atoms in total. The number of nitrogens with zero attached hydrogens (tertiary/aromatic N) is 1. The molecule has 0 aromatic heterocycles. The van der Waals surface area contributed by atoms with E-state index >= 15 is 0 Å². The molecule has 1 fully saturated rings. The van der Waals surface area contributed by atoms with E-state index in [1.807, 2.05) is 0 Å². The molecule has 4 heteroatoms. The Morgan fingerprint density at radius 1 is 1.50 bits per heavy atom. The van der Waals surface area contributed by atoms with Crippen molar-refractivity contribution < 1.29 is 9.18 Å². The molecular weight excluding hydrogens is 297 g/mol. The van der Waals surface area contributed by atoms with Crippen LogP contribution in [0, 0.1) is 18.7 Å². The Morgan fingerprint density at radius 3 is 2.89 bits per heavy atom. The maximum Gasteiger partial charge on any atom is 0.256 e. The second kappa shape index (κ2) is 5.39. The van der Waals surface area contributed by atoms with E-state index in [2.05, 4.69) is 22.9 Å². The number of carbonyl (C=O) groups excluding carboxylic acids is 1. The molecule has 1 saturated heterocycles. The zero-order valence-electron chi connectivity index (χ0n) is 10.7. The number of amides is 1. The highest BCUT2D eigenvalue weighted by Gasteiger charge is 2.24. The maximum absolute atomic E-state index is 14.1. The molecule has 0 saturated carbocycles. The predicted molar refractivity (Wildman–Crippen MR) is 73.1 cm³/mol. The summed E-state index contributed by atoms with van der Waals surface area (Å²) in [7, 11) is 0. The molecule has 0 N–H and O–H groups in total. The average Bonchev–Trinajstić information content (AvgIpc) is 2.35. The van der Waals surface area contributed by atoms with Gasteiger partial charge in [-0.15, -0.1) is 0 Å². The number of carbonyl (C=O) groups is 1. The number of hydrogen-bond acceptors (Lipinski definition) is 1. The van der Waals surface area contributed by atoms with Crippen LogP contribution < -0.4 is 0 Å². The average molecular weight is 314 g/mol. The molecule has 1 atom stereocenters. The summed E-state index contributed by atoms with van der Waals surface area (Å²) in [5.41, 5.74) is 0.677. The molecule has 1 aliphatic heterocycles. The van der Waals surface area contributed by atoms with Crippen LogP contribution >= 0.6 is 15.9 Å². The van der Waals surface area contributed by atoms with Crippen molar-refractivity contribution in [2.75, 3.05) is 13.1 Å². The van der Waals surface area contributed by atoms with Crippen LogP contribution in [0.2, 0.25) is 0 Å². The first-order valence-corrected chi connectivity index (χ1v) is 7.04. The Kier molecular flexibility index (Phi) is 4.05. The van der Waals surface area contributed by atoms with Crippen molar-refractivity contribution in [3.05, 3.63) is 33.5 Å². The van der Waals surface area contributed by atoms with Crippen LogP contribution in [0.15, 0.2) is 16.6 Å². The number of rotatable bonds is 1.